The van der Waals surface area contributed by atoms with Crippen molar-refractivity contribution in [2.75, 3.05) is 24.5 Å². The van der Waals surface area contributed by atoms with E-state index in [0.29, 0.717) is 30.3 Å². The number of urea groups is 1. The number of amides is 4. The fourth-order valence-corrected chi connectivity index (χ4v) is 4.85. The molecule has 3 atom stereocenters. The molecule has 1 aromatic carbocycles. The molecule has 0 bridgehead atoms. The van der Waals surface area contributed by atoms with Crippen LogP contribution < -0.4 is 10.2 Å². The molecular formula is C20H25N3O4. The number of carbonyl (C=O) groups excluding carboxylic acids is 3. The van der Waals surface area contributed by atoms with Gasteiger partial charge in [0, 0.05) is 30.3 Å². The standard InChI is InChI=1S/C20H25N3O4/c1-2-20(27)9-3-4-14-10-22(11-16(14)20)18(25)13-5-7-15(8-6-13)23-12-17(24)21-19(23)26/h5-8,14,16,27H,2-4,9-12H2,1H3,(H,21,24,26)/t14-,16+,20-/m0/s1. The summed E-state index contributed by atoms with van der Waals surface area (Å²) < 4.78 is 0. The fraction of sp³-hybridized carbons (Fsp3) is 0.550. The quantitative estimate of drug-likeness (QED) is 0.792. The van der Waals surface area contributed by atoms with Gasteiger partial charge in [0.1, 0.15) is 6.54 Å². The predicted molar refractivity (Wildman–Crippen MR) is 99.3 cm³/mol. The number of carbonyl (C=O) groups is 3. The van der Waals surface area contributed by atoms with E-state index < -0.39 is 11.6 Å². The minimum Gasteiger partial charge on any atom is -0.390 e. The molecule has 3 fully saturated rings. The third-order valence-corrected chi connectivity index (χ3v) is 6.43. The molecule has 0 unspecified atom stereocenters. The Balaban J connectivity index is 1.47. The van der Waals surface area contributed by atoms with Crippen molar-refractivity contribution in [3.63, 3.8) is 0 Å². The Morgan fingerprint density at radius 3 is 2.63 bits per heavy atom. The largest absolute Gasteiger partial charge is 0.390 e. The van der Waals surface area contributed by atoms with Gasteiger partial charge < -0.3 is 10.0 Å². The lowest BCUT2D eigenvalue weighted by Gasteiger charge is -2.40. The number of imide groups is 1. The van der Waals surface area contributed by atoms with Gasteiger partial charge in [-0.3, -0.25) is 19.8 Å². The molecule has 2 heterocycles. The van der Waals surface area contributed by atoms with Crippen LogP contribution in [0.1, 0.15) is 43.0 Å². The zero-order valence-electron chi connectivity index (χ0n) is 15.5. The second-order valence-corrected chi connectivity index (χ2v) is 7.91. The van der Waals surface area contributed by atoms with Crippen molar-refractivity contribution in [2.24, 2.45) is 11.8 Å². The molecule has 4 amide bonds. The number of anilines is 1. The van der Waals surface area contributed by atoms with Crippen LogP contribution in [0.15, 0.2) is 24.3 Å². The first-order valence-corrected chi connectivity index (χ1v) is 9.64. The first-order valence-electron chi connectivity index (χ1n) is 9.64. The monoisotopic (exact) mass is 371 g/mol. The first-order chi connectivity index (χ1) is 12.9. The van der Waals surface area contributed by atoms with Gasteiger partial charge >= 0.3 is 6.03 Å². The van der Waals surface area contributed by atoms with E-state index in [2.05, 4.69) is 5.32 Å². The van der Waals surface area contributed by atoms with Crippen LogP contribution in [0.25, 0.3) is 0 Å². The van der Waals surface area contributed by atoms with E-state index in [9.17, 15) is 19.5 Å². The van der Waals surface area contributed by atoms with E-state index in [1.165, 1.54) is 4.90 Å². The smallest absolute Gasteiger partial charge is 0.329 e. The second-order valence-electron chi connectivity index (χ2n) is 7.91. The van der Waals surface area contributed by atoms with Gasteiger partial charge in [-0.1, -0.05) is 13.3 Å². The molecule has 2 N–H and O–H groups in total. The molecule has 7 nitrogen and oxygen atoms in total. The summed E-state index contributed by atoms with van der Waals surface area (Å²) in [6.45, 7) is 3.30. The maximum absolute atomic E-state index is 12.9. The lowest BCUT2D eigenvalue weighted by Crippen LogP contribution is -2.44. The molecule has 1 aromatic rings. The number of nitrogens with zero attached hydrogens (tertiary/aromatic N) is 2. The molecule has 0 aromatic heterocycles. The van der Waals surface area contributed by atoms with Gasteiger partial charge in [-0.25, -0.2) is 4.79 Å². The Morgan fingerprint density at radius 1 is 1.26 bits per heavy atom. The number of hydrogen-bond donors (Lipinski definition) is 2. The summed E-state index contributed by atoms with van der Waals surface area (Å²) in [5.41, 5.74) is 0.492. The van der Waals surface area contributed by atoms with Crippen LogP contribution in [0.3, 0.4) is 0 Å². The Morgan fingerprint density at radius 2 is 2.00 bits per heavy atom. The maximum Gasteiger partial charge on any atom is 0.329 e. The number of hydrogen-bond acceptors (Lipinski definition) is 4. The van der Waals surface area contributed by atoms with Crippen molar-refractivity contribution >= 4 is 23.5 Å². The van der Waals surface area contributed by atoms with Crippen LogP contribution in [-0.2, 0) is 4.79 Å². The zero-order valence-corrected chi connectivity index (χ0v) is 15.5. The highest BCUT2D eigenvalue weighted by Crippen LogP contribution is 2.44. The Bertz CT molecular complexity index is 778. The minimum atomic E-state index is -0.655. The van der Waals surface area contributed by atoms with Gasteiger partial charge in [0.05, 0.1) is 5.60 Å². The van der Waals surface area contributed by atoms with E-state index in [1.807, 2.05) is 11.8 Å². The van der Waals surface area contributed by atoms with E-state index >= 15 is 0 Å². The van der Waals surface area contributed by atoms with Crippen LogP contribution in [-0.4, -0.2) is 53.1 Å². The number of rotatable bonds is 3. The molecule has 7 heteroatoms. The van der Waals surface area contributed by atoms with Crippen LogP contribution >= 0.6 is 0 Å². The topological polar surface area (TPSA) is 89.9 Å². The molecule has 144 valence electrons. The summed E-state index contributed by atoms with van der Waals surface area (Å²) in [4.78, 5) is 39.2. The van der Waals surface area contributed by atoms with Crippen LogP contribution in [0.2, 0.25) is 0 Å². The average molecular weight is 371 g/mol. The lowest BCUT2D eigenvalue weighted by atomic mass is 9.69. The fourth-order valence-electron chi connectivity index (χ4n) is 4.85. The van der Waals surface area contributed by atoms with E-state index in [4.69, 9.17) is 0 Å². The predicted octanol–water partition coefficient (Wildman–Crippen LogP) is 1.76. The second kappa shape index (κ2) is 6.64. The summed E-state index contributed by atoms with van der Waals surface area (Å²) in [6, 6.07) is 6.33. The number of aliphatic hydroxyl groups is 1. The van der Waals surface area contributed by atoms with Crippen LogP contribution in [0, 0.1) is 11.8 Å². The Kier molecular flexibility index (Phi) is 4.42. The van der Waals surface area contributed by atoms with Crippen molar-refractivity contribution in [2.45, 2.75) is 38.2 Å². The van der Waals surface area contributed by atoms with Gasteiger partial charge in [0.15, 0.2) is 0 Å². The summed E-state index contributed by atoms with van der Waals surface area (Å²) in [7, 11) is 0. The Labute approximate surface area is 158 Å². The van der Waals surface area contributed by atoms with Gasteiger partial charge in [-0.05, 0) is 49.4 Å². The highest BCUT2D eigenvalue weighted by Gasteiger charge is 2.48. The summed E-state index contributed by atoms with van der Waals surface area (Å²) >= 11 is 0. The molecule has 0 spiro atoms. The van der Waals surface area contributed by atoms with Crippen LogP contribution in [0.4, 0.5) is 10.5 Å². The molecule has 27 heavy (non-hydrogen) atoms. The molecule has 2 saturated heterocycles. The summed E-state index contributed by atoms with van der Waals surface area (Å²) in [6.07, 6.45) is 3.62. The van der Waals surface area contributed by atoms with Gasteiger partial charge in [-0.15, -0.1) is 0 Å². The van der Waals surface area contributed by atoms with Gasteiger partial charge in [-0.2, -0.15) is 0 Å². The lowest BCUT2D eigenvalue weighted by molar-refractivity contribution is -0.117. The normalized spacial score (nSPS) is 30.4. The third kappa shape index (κ3) is 3.10. The summed E-state index contributed by atoms with van der Waals surface area (Å²) in [5, 5.41) is 13.2. The highest BCUT2D eigenvalue weighted by molar-refractivity contribution is 6.12. The van der Waals surface area contributed by atoms with Gasteiger partial charge in [0.25, 0.3) is 5.91 Å². The number of fused-ring (bicyclic) bond motifs is 1. The molecule has 4 rings (SSSR count). The maximum atomic E-state index is 12.9. The number of nitrogens with one attached hydrogen (secondary N) is 1. The SMILES string of the molecule is CC[C@]1(O)CCC[C@H]2CN(C(=O)c3ccc(N4CC(=O)NC4=O)cc3)C[C@H]21. The van der Waals surface area contributed by atoms with E-state index in [-0.39, 0.29) is 24.3 Å². The molecule has 1 saturated carbocycles. The molecule has 3 aliphatic rings. The van der Waals surface area contributed by atoms with E-state index in [1.54, 1.807) is 24.3 Å². The van der Waals surface area contributed by atoms with Crippen molar-refractivity contribution in [1.82, 2.24) is 10.2 Å². The van der Waals surface area contributed by atoms with E-state index in [0.717, 1.165) is 25.7 Å². The summed E-state index contributed by atoms with van der Waals surface area (Å²) in [5.74, 6) is 0.143. The van der Waals surface area contributed by atoms with Crippen molar-refractivity contribution in [1.29, 1.82) is 0 Å². The molecule has 2 aliphatic heterocycles. The van der Waals surface area contributed by atoms with Crippen molar-refractivity contribution in [3.8, 4) is 0 Å². The van der Waals surface area contributed by atoms with Gasteiger partial charge in [0.2, 0.25) is 5.91 Å². The molecular weight excluding hydrogens is 346 g/mol. The minimum absolute atomic E-state index is 0.00277. The van der Waals surface area contributed by atoms with Crippen molar-refractivity contribution in [3.05, 3.63) is 29.8 Å². The Hall–Kier alpha value is -2.41. The third-order valence-electron chi connectivity index (χ3n) is 6.43. The molecule has 0 radical (unpaired) electrons. The van der Waals surface area contributed by atoms with Crippen LogP contribution in [0.5, 0.6) is 0 Å². The number of benzene rings is 1. The average Bonchev–Trinajstić information content (AvgIpc) is 3.25. The van der Waals surface area contributed by atoms with Crippen molar-refractivity contribution < 1.29 is 19.5 Å². The number of likely N-dealkylation sites (tertiary alicyclic amines) is 1. The first kappa shape index (κ1) is 18.0. The molecule has 1 aliphatic carbocycles. The highest BCUT2D eigenvalue weighted by atomic mass is 16.3. The zero-order chi connectivity index (χ0) is 19.2.